The molecule has 0 aromatic carbocycles. The minimum absolute atomic E-state index is 0.0343. The van der Waals surface area contributed by atoms with E-state index in [0.29, 0.717) is 5.92 Å². The molecule has 2 saturated carbocycles. The van der Waals surface area contributed by atoms with Gasteiger partial charge >= 0.3 is 0 Å². The highest BCUT2D eigenvalue weighted by atomic mass is 32.1. The number of thiophene rings is 1. The number of fused-ring (bicyclic) bond motifs is 1. The molecule has 0 amide bonds. The third-order valence-corrected chi connectivity index (χ3v) is 5.21. The third kappa shape index (κ3) is 2.05. The molecule has 2 aliphatic rings. The van der Waals surface area contributed by atoms with Crippen molar-refractivity contribution >= 4 is 11.3 Å². The number of hydrogen-bond donors (Lipinski definition) is 1. The van der Waals surface area contributed by atoms with Crippen molar-refractivity contribution in [3.05, 3.63) is 22.4 Å². The fraction of sp³-hybridized carbons (Fsp3) is 0.714. The Hall–Kier alpha value is -0.340. The molecular formula is C14H20OS. The molecule has 3 atom stereocenters. The summed E-state index contributed by atoms with van der Waals surface area (Å²) in [5.74, 6) is 2.42. The summed E-state index contributed by atoms with van der Waals surface area (Å²) in [6.07, 6.45) is 7.54. The summed E-state index contributed by atoms with van der Waals surface area (Å²) in [7, 11) is 0. The van der Waals surface area contributed by atoms with Gasteiger partial charge in [0.05, 0.1) is 6.10 Å². The Morgan fingerprint density at radius 1 is 1.31 bits per heavy atom. The van der Waals surface area contributed by atoms with Gasteiger partial charge in [-0.3, -0.25) is 0 Å². The van der Waals surface area contributed by atoms with Crippen LogP contribution in [-0.2, 0) is 6.42 Å². The molecule has 1 aromatic heterocycles. The normalized spacial score (nSPS) is 34.4. The fourth-order valence-corrected chi connectivity index (χ4v) is 4.26. The van der Waals surface area contributed by atoms with Crippen molar-refractivity contribution in [2.24, 2.45) is 17.8 Å². The average Bonchev–Trinajstić information content (AvgIpc) is 2.80. The van der Waals surface area contributed by atoms with Crippen molar-refractivity contribution in [3.8, 4) is 0 Å². The second kappa shape index (κ2) is 4.50. The minimum atomic E-state index is -0.0343. The standard InChI is InChI=1S/C14H20OS/c15-13(6-5-10-7-8-16-9-10)14-11-3-1-2-4-12(11)14/h7-9,11-15H,1-6H2. The Morgan fingerprint density at radius 2 is 2.06 bits per heavy atom. The zero-order valence-corrected chi connectivity index (χ0v) is 10.5. The molecule has 0 saturated heterocycles. The summed E-state index contributed by atoms with van der Waals surface area (Å²) in [5, 5.41) is 14.5. The Balaban J connectivity index is 1.49. The van der Waals surface area contributed by atoms with Crippen LogP contribution in [0.15, 0.2) is 16.8 Å². The lowest BCUT2D eigenvalue weighted by Gasteiger charge is -2.09. The van der Waals surface area contributed by atoms with Crippen molar-refractivity contribution in [3.63, 3.8) is 0 Å². The van der Waals surface area contributed by atoms with Crippen LogP contribution in [-0.4, -0.2) is 11.2 Å². The molecule has 2 aliphatic carbocycles. The van der Waals surface area contributed by atoms with Crippen molar-refractivity contribution < 1.29 is 5.11 Å². The van der Waals surface area contributed by atoms with Gasteiger partial charge in [-0.05, 0) is 65.8 Å². The maximum Gasteiger partial charge on any atom is 0.0577 e. The molecule has 16 heavy (non-hydrogen) atoms. The van der Waals surface area contributed by atoms with E-state index in [1.165, 1.54) is 31.2 Å². The summed E-state index contributed by atoms with van der Waals surface area (Å²) < 4.78 is 0. The summed E-state index contributed by atoms with van der Waals surface area (Å²) in [6.45, 7) is 0. The number of hydrogen-bond acceptors (Lipinski definition) is 2. The molecule has 1 nitrogen and oxygen atoms in total. The quantitative estimate of drug-likeness (QED) is 0.848. The number of rotatable bonds is 4. The lowest BCUT2D eigenvalue weighted by Crippen LogP contribution is -2.12. The largest absolute Gasteiger partial charge is 0.393 e. The monoisotopic (exact) mass is 236 g/mol. The molecule has 1 aromatic rings. The summed E-state index contributed by atoms with van der Waals surface area (Å²) >= 11 is 1.75. The molecule has 3 rings (SSSR count). The van der Waals surface area contributed by atoms with Gasteiger partial charge in [-0.1, -0.05) is 12.8 Å². The van der Waals surface area contributed by atoms with Gasteiger partial charge in [0, 0.05) is 0 Å². The molecule has 1 heterocycles. The lowest BCUT2D eigenvalue weighted by atomic mass is 10.0. The van der Waals surface area contributed by atoms with Crippen molar-refractivity contribution in [2.45, 2.75) is 44.6 Å². The second-order valence-corrected chi connectivity index (χ2v) is 6.21. The molecule has 0 bridgehead atoms. The van der Waals surface area contributed by atoms with E-state index in [1.54, 1.807) is 11.3 Å². The fourth-order valence-electron chi connectivity index (χ4n) is 3.56. The predicted molar refractivity (Wildman–Crippen MR) is 67.6 cm³/mol. The second-order valence-electron chi connectivity index (χ2n) is 5.43. The van der Waals surface area contributed by atoms with E-state index in [-0.39, 0.29) is 6.10 Å². The molecule has 0 spiro atoms. The zero-order valence-electron chi connectivity index (χ0n) is 9.64. The molecular weight excluding hydrogens is 216 g/mol. The molecule has 88 valence electrons. The molecule has 2 fully saturated rings. The third-order valence-electron chi connectivity index (χ3n) is 4.48. The molecule has 0 aliphatic heterocycles. The zero-order chi connectivity index (χ0) is 11.0. The SMILES string of the molecule is OC(CCc1ccsc1)C1C2CCCCC21. The number of aliphatic hydroxyl groups is 1. The van der Waals surface area contributed by atoms with Crippen molar-refractivity contribution in [1.82, 2.24) is 0 Å². The van der Waals surface area contributed by atoms with Crippen LogP contribution in [0.25, 0.3) is 0 Å². The Labute approximate surface area is 102 Å². The smallest absolute Gasteiger partial charge is 0.0577 e. The van der Waals surface area contributed by atoms with E-state index in [0.717, 1.165) is 24.7 Å². The van der Waals surface area contributed by atoms with Crippen LogP contribution in [0, 0.1) is 17.8 Å². The predicted octanol–water partition coefficient (Wildman–Crippen LogP) is 3.48. The van der Waals surface area contributed by atoms with Crippen LogP contribution < -0.4 is 0 Å². The van der Waals surface area contributed by atoms with E-state index in [9.17, 15) is 5.11 Å². The minimum Gasteiger partial charge on any atom is -0.393 e. The van der Waals surface area contributed by atoms with E-state index >= 15 is 0 Å². The van der Waals surface area contributed by atoms with Gasteiger partial charge in [0.25, 0.3) is 0 Å². The maximum atomic E-state index is 10.2. The molecule has 3 unspecified atom stereocenters. The lowest BCUT2D eigenvalue weighted by molar-refractivity contribution is 0.131. The van der Waals surface area contributed by atoms with Gasteiger partial charge in [0.2, 0.25) is 0 Å². The summed E-state index contributed by atoms with van der Waals surface area (Å²) in [4.78, 5) is 0. The van der Waals surface area contributed by atoms with Crippen LogP contribution >= 0.6 is 11.3 Å². The van der Waals surface area contributed by atoms with Crippen LogP contribution in [0.4, 0.5) is 0 Å². The summed E-state index contributed by atoms with van der Waals surface area (Å²) in [6, 6.07) is 2.18. The van der Waals surface area contributed by atoms with E-state index < -0.39 is 0 Å². The Kier molecular flexibility index (Phi) is 3.03. The maximum absolute atomic E-state index is 10.2. The molecule has 0 radical (unpaired) electrons. The van der Waals surface area contributed by atoms with E-state index in [2.05, 4.69) is 16.8 Å². The van der Waals surface area contributed by atoms with Gasteiger partial charge in [0.15, 0.2) is 0 Å². The highest BCUT2D eigenvalue weighted by Crippen LogP contribution is 2.57. The van der Waals surface area contributed by atoms with Crippen molar-refractivity contribution in [1.29, 1.82) is 0 Å². The molecule has 1 N–H and O–H groups in total. The Bertz CT molecular complexity index is 321. The first-order valence-corrected chi connectivity index (χ1v) is 7.49. The van der Waals surface area contributed by atoms with Gasteiger partial charge < -0.3 is 5.11 Å². The van der Waals surface area contributed by atoms with Crippen LogP contribution in [0.3, 0.4) is 0 Å². The topological polar surface area (TPSA) is 20.2 Å². The first kappa shape index (κ1) is 10.8. The van der Waals surface area contributed by atoms with Gasteiger partial charge in [-0.2, -0.15) is 11.3 Å². The van der Waals surface area contributed by atoms with Crippen LogP contribution in [0.5, 0.6) is 0 Å². The van der Waals surface area contributed by atoms with Gasteiger partial charge in [-0.15, -0.1) is 0 Å². The van der Waals surface area contributed by atoms with E-state index in [1.807, 2.05) is 0 Å². The highest BCUT2D eigenvalue weighted by molar-refractivity contribution is 7.07. The highest BCUT2D eigenvalue weighted by Gasteiger charge is 2.53. The summed E-state index contributed by atoms with van der Waals surface area (Å²) in [5.41, 5.74) is 1.40. The van der Waals surface area contributed by atoms with E-state index in [4.69, 9.17) is 0 Å². The van der Waals surface area contributed by atoms with Gasteiger partial charge in [-0.25, -0.2) is 0 Å². The molecule has 2 heteroatoms. The first-order valence-electron chi connectivity index (χ1n) is 6.55. The van der Waals surface area contributed by atoms with Gasteiger partial charge in [0.1, 0.15) is 0 Å². The Morgan fingerprint density at radius 3 is 2.69 bits per heavy atom. The van der Waals surface area contributed by atoms with Crippen molar-refractivity contribution in [2.75, 3.05) is 0 Å². The first-order chi connectivity index (χ1) is 7.86. The van der Waals surface area contributed by atoms with Crippen LogP contribution in [0.2, 0.25) is 0 Å². The number of aliphatic hydroxyl groups excluding tert-OH is 1. The average molecular weight is 236 g/mol. The number of aryl methyl sites for hydroxylation is 1. The van der Waals surface area contributed by atoms with Crippen LogP contribution in [0.1, 0.15) is 37.7 Å².